The molecule has 0 unspecified atom stereocenters. The number of amides is 1. The van der Waals surface area contributed by atoms with Gasteiger partial charge in [-0.15, -0.1) is 0 Å². The first-order chi connectivity index (χ1) is 12.3. The molecule has 1 aliphatic carbocycles. The highest BCUT2D eigenvalue weighted by atomic mass is 16.6. The summed E-state index contributed by atoms with van der Waals surface area (Å²) in [7, 11) is 0. The third-order valence-electron chi connectivity index (χ3n) is 4.88. The Balaban J connectivity index is 1.39. The Bertz CT molecular complexity index is 744. The van der Waals surface area contributed by atoms with Crippen LogP contribution in [0.15, 0.2) is 48.1 Å². The molecule has 0 spiro atoms. The van der Waals surface area contributed by atoms with E-state index >= 15 is 0 Å². The predicted octanol–water partition coefficient (Wildman–Crippen LogP) is 2.07. The van der Waals surface area contributed by atoms with Gasteiger partial charge < -0.3 is 10.2 Å². The van der Waals surface area contributed by atoms with Crippen molar-refractivity contribution in [3.05, 3.63) is 48.5 Å². The first kappa shape index (κ1) is 15.8. The van der Waals surface area contributed by atoms with Crippen molar-refractivity contribution in [2.75, 3.05) is 0 Å². The second kappa shape index (κ2) is 7.04. The lowest BCUT2D eigenvalue weighted by molar-refractivity contribution is -0.132. The fourth-order valence-electron chi connectivity index (χ4n) is 3.57. The van der Waals surface area contributed by atoms with E-state index in [2.05, 4.69) is 20.6 Å². The van der Waals surface area contributed by atoms with Crippen LogP contribution in [0.5, 0.6) is 0 Å². The SMILES string of the molecule is O=C(N[C@@H]1CCCC[C@H]1n1cccn1)[C@@H]1CC(c2cccnc2)=NO1. The van der Waals surface area contributed by atoms with Crippen LogP contribution in [0.25, 0.3) is 0 Å². The molecule has 3 heterocycles. The Hall–Kier alpha value is -2.70. The molecule has 3 atom stereocenters. The summed E-state index contributed by atoms with van der Waals surface area (Å²) in [6.45, 7) is 0. The Morgan fingerprint density at radius 2 is 2.16 bits per heavy atom. The summed E-state index contributed by atoms with van der Waals surface area (Å²) in [6, 6.07) is 5.97. The van der Waals surface area contributed by atoms with Gasteiger partial charge in [0.15, 0.2) is 0 Å². The minimum absolute atomic E-state index is 0.0761. The third kappa shape index (κ3) is 3.40. The minimum atomic E-state index is -0.574. The lowest BCUT2D eigenvalue weighted by Gasteiger charge is -2.32. The molecule has 1 saturated carbocycles. The molecule has 0 saturated heterocycles. The van der Waals surface area contributed by atoms with E-state index in [0.717, 1.165) is 37.0 Å². The van der Waals surface area contributed by atoms with E-state index < -0.39 is 6.10 Å². The van der Waals surface area contributed by atoms with Crippen molar-refractivity contribution in [2.45, 2.75) is 50.3 Å². The van der Waals surface area contributed by atoms with E-state index in [9.17, 15) is 4.79 Å². The molecule has 7 nitrogen and oxygen atoms in total. The highest BCUT2D eigenvalue weighted by molar-refractivity contribution is 6.03. The molecule has 130 valence electrons. The molecule has 4 rings (SSSR count). The molecule has 0 bridgehead atoms. The van der Waals surface area contributed by atoms with Gasteiger partial charge in [0.25, 0.3) is 5.91 Å². The summed E-state index contributed by atoms with van der Waals surface area (Å²) in [5.74, 6) is -0.105. The van der Waals surface area contributed by atoms with Gasteiger partial charge in [-0.1, -0.05) is 18.0 Å². The fourth-order valence-corrected chi connectivity index (χ4v) is 3.57. The molecule has 1 aliphatic heterocycles. The van der Waals surface area contributed by atoms with E-state index in [-0.39, 0.29) is 18.0 Å². The van der Waals surface area contributed by atoms with Crippen molar-refractivity contribution in [3.63, 3.8) is 0 Å². The van der Waals surface area contributed by atoms with Crippen LogP contribution in [0.3, 0.4) is 0 Å². The zero-order chi connectivity index (χ0) is 17.1. The Morgan fingerprint density at radius 1 is 1.24 bits per heavy atom. The van der Waals surface area contributed by atoms with E-state index in [1.807, 2.05) is 29.1 Å². The highest BCUT2D eigenvalue weighted by Crippen LogP contribution is 2.28. The van der Waals surface area contributed by atoms with Crippen molar-refractivity contribution in [1.82, 2.24) is 20.1 Å². The topological polar surface area (TPSA) is 81.4 Å². The molecule has 2 aliphatic rings. The lowest BCUT2D eigenvalue weighted by atomic mass is 9.90. The number of hydrogen-bond donors (Lipinski definition) is 1. The molecular formula is C18H21N5O2. The van der Waals surface area contributed by atoms with Gasteiger partial charge in [0, 0.05) is 36.8 Å². The number of pyridine rings is 1. The lowest BCUT2D eigenvalue weighted by Crippen LogP contribution is -2.47. The van der Waals surface area contributed by atoms with Crippen LogP contribution in [0.2, 0.25) is 0 Å². The fraction of sp³-hybridized carbons (Fsp3) is 0.444. The number of aromatic nitrogens is 3. The summed E-state index contributed by atoms with van der Waals surface area (Å²) >= 11 is 0. The summed E-state index contributed by atoms with van der Waals surface area (Å²) in [4.78, 5) is 22.1. The van der Waals surface area contributed by atoms with Gasteiger partial charge in [0.05, 0.1) is 17.8 Å². The molecule has 0 aromatic carbocycles. The Morgan fingerprint density at radius 3 is 2.96 bits per heavy atom. The molecule has 7 heteroatoms. The van der Waals surface area contributed by atoms with Gasteiger partial charge in [-0.2, -0.15) is 5.10 Å². The molecule has 0 radical (unpaired) electrons. The summed E-state index contributed by atoms with van der Waals surface area (Å²) in [5.41, 5.74) is 1.66. The summed E-state index contributed by atoms with van der Waals surface area (Å²) in [5, 5.41) is 11.6. The van der Waals surface area contributed by atoms with Crippen molar-refractivity contribution in [1.29, 1.82) is 0 Å². The average Bonchev–Trinajstić information content (AvgIpc) is 3.35. The molecule has 25 heavy (non-hydrogen) atoms. The van der Waals surface area contributed by atoms with Crippen molar-refractivity contribution in [3.8, 4) is 0 Å². The second-order valence-corrected chi connectivity index (χ2v) is 6.53. The largest absolute Gasteiger partial charge is 0.382 e. The maximum absolute atomic E-state index is 12.7. The molecule has 1 fully saturated rings. The quantitative estimate of drug-likeness (QED) is 0.924. The number of rotatable bonds is 4. The van der Waals surface area contributed by atoms with Gasteiger partial charge in [-0.05, 0) is 31.0 Å². The maximum Gasteiger partial charge on any atom is 0.264 e. The average molecular weight is 339 g/mol. The van der Waals surface area contributed by atoms with Crippen molar-refractivity contribution < 1.29 is 9.63 Å². The van der Waals surface area contributed by atoms with E-state index in [0.29, 0.717) is 6.42 Å². The van der Waals surface area contributed by atoms with Crippen LogP contribution in [-0.4, -0.2) is 38.5 Å². The number of nitrogens with zero attached hydrogens (tertiary/aromatic N) is 4. The van der Waals surface area contributed by atoms with Gasteiger partial charge in [0.1, 0.15) is 0 Å². The van der Waals surface area contributed by atoms with Gasteiger partial charge in [-0.3, -0.25) is 14.5 Å². The third-order valence-corrected chi connectivity index (χ3v) is 4.88. The van der Waals surface area contributed by atoms with E-state index in [1.54, 1.807) is 18.6 Å². The number of carbonyl (C=O) groups excluding carboxylic acids is 1. The highest BCUT2D eigenvalue weighted by Gasteiger charge is 2.34. The smallest absolute Gasteiger partial charge is 0.264 e. The van der Waals surface area contributed by atoms with E-state index in [4.69, 9.17) is 4.84 Å². The molecule has 2 aromatic rings. The van der Waals surface area contributed by atoms with E-state index in [1.165, 1.54) is 0 Å². The number of nitrogens with one attached hydrogen (secondary N) is 1. The van der Waals surface area contributed by atoms with Crippen molar-refractivity contribution >= 4 is 11.6 Å². The zero-order valence-electron chi connectivity index (χ0n) is 13.9. The van der Waals surface area contributed by atoms with Crippen LogP contribution < -0.4 is 5.32 Å². The Labute approximate surface area is 146 Å². The second-order valence-electron chi connectivity index (χ2n) is 6.53. The Kier molecular flexibility index (Phi) is 4.45. The number of oxime groups is 1. The molecular weight excluding hydrogens is 318 g/mol. The van der Waals surface area contributed by atoms with Crippen LogP contribution in [-0.2, 0) is 9.63 Å². The van der Waals surface area contributed by atoms with Gasteiger partial charge in [0.2, 0.25) is 6.10 Å². The maximum atomic E-state index is 12.7. The van der Waals surface area contributed by atoms with Crippen LogP contribution in [0, 0.1) is 0 Å². The van der Waals surface area contributed by atoms with Crippen LogP contribution in [0.1, 0.15) is 43.7 Å². The summed E-state index contributed by atoms with van der Waals surface area (Å²) < 4.78 is 1.96. The van der Waals surface area contributed by atoms with Gasteiger partial charge in [-0.25, -0.2) is 0 Å². The van der Waals surface area contributed by atoms with Crippen molar-refractivity contribution in [2.24, 2.45) is 5.16 Å². The molecule has 1 amide bonds. The standard InChI is InChI=1S/C18H21N5O2/c24-18(17-11-15(22-25-17)13-5-3-8-19-12-13)21-14-6-1-2-7-16(14)23-10-4-9-20-23/h3-5,8-10,12,14,16-17H,1-2,6-7,11H2,(H,21,24)/t14-,16-,17+/m1/s1. The van der Waals surface area contributed by atoms with Crippen LogP contribution >= 0.6 is 0 Å². The molecule has 2 aromatic heterocycles. The normalized spacial score (nSPS) is 25.9. The first-order valence-corrected chi connectivity index (χ1v) is 8.74. The molecule has 1 N–H and O–H groups in total. The number of hydrogen-bond acceptors (Lipinski definition) is 5. The van der Waals surface area contributed by atoms with Crippen LogP contribution in [0.4, 0.5) is 0 Å². The zero-order valence-corrected chi connectivity index (χ0v) is 13.9. The van der Waals surface area contributed by atoms with Gasteiger partial charge >= 0.3 is 0 Å². The number of carbonyl (C=O) groups is 1. The predicted molar refractivity (Wildman–Crippen MR) is 91.9 cm³/mol. The first-order valence-electron chi connectivity index (χ1n) is 8.74. The monoisotopic (exact) mass is 339 g/mol. The minimum Gasteiger partial charge on any atom is -0.382 e. The summed E-state index contributed by atoms with van der Waals surface area (Å²) in [6.07, 6.45) is 11.3.